The molecule has 1 aromatic carbocycles. The molecule has 1 aliphatic heterocycles. The van der Waals surface area contributed by atoms with E-state index in [1.807, 2.05) is 30.3 Å². The van der Waals surface area contributed by atoms with Gasteiger partial charge in [0.15, 0.2) is 0 Å². The molecule has 4 rings (SSSR count). The van der Waals surface area contributed by atoms with E-state index in [1.165, 1.54) is 0 Å². The van der Waals surface area contributed by atoms with Crippen molar-refractivity contribution in [2.45, 2.75) is 31.6 Å². The summed E-state index contributed by atoms with van der Waals surface area (Å²) in [6, 6.07) is 13.5. The molecule has 2 aliphatic rings. The Balaban J connectivity index is 1.45. The number of aliphatic hydroxyl groups is 2. The normalized spacial score (nSPS) is 29.3. The number of fused-ring (bicyclic) bond motifs is 1. The van der Waals surface area contributed by atoms with Crippen LogP contribution in [0.4, 0.5) is 0 Å². The van der Waals surface area contributed by atoms with Gasteiger partial charge in [0, 0.05) is 18.7 Å². The molecule has 25 heavy (non-hydrogen) atoms. The number of hydrogen-bond donors (Lipinski definition) is 2. The maximum atomic E-state index is 9.87. The quantitative estimate of drug-likeness (QED) is 0.898. The Morgan fingerprint density at radius 3 is 2.40 bits per heavy atom. The summed E-state index contributed by atoms with van der Waals surface area (Å²) in [6.07, 6.45) is 0.195. The minimum atomic E-state index is -0.584. The Bertz CT molecular complexity index is 776. The molecule has 0 unspecified atom stereocenters. The Hall–Kier alpha value is -2.13. The fourth-order valence-electron chi connectivity index (χ4n) is 4.26. The summed E-state index contributed by atoms with van der Waals surface area (Å²) < 4.78 is 5.98. The number of aliphatic hydroxyl groups excluding tert-OH is 2. The molecule has 4 atom stereocenters. The molecular formula is C20H22N2O3. The van der Waals surface area contributed by atoms with Crippen molar-refractivity contribution < 1.29 is 14.6 Å². The SMILES string of the molecule is N#Cc1ccccc1-c1ccc(CN2C[C@H]3C[C@H](O)[C@@H](O)C[C@H]3C2)o1. The molecule has 130 valence electrons. The molecule has 1 aliphatic carbocycles. The third kappa shape index (κ3) is 3.21. The van der Waals surface area contributed by atoms with Crippen LogP contribution in [0.2, 0.25) is 0 Å². The van der Waals surface area contributed by atoms with E-state index >= 15 is 0 Å². The summed E-state index contributed by atoms with van der Waals surface area (Å²) in [4.78, 5) is 2.33. The van der Waals surface area contributed by atoms with Gasteiger partial charge in [-0.25, -0.2) is 0 Å². The Labute approximate surface area is 147 Å². The number of furan rings is 1. The largest absolute Gasteiger partial charge is 0.460 e. The second-order valence-corrected chi connectivity index (χ2v) is 7.24. The smallest absolute Gasteiger partial charge is 0.135 e. The van der Waals surface area contributed by atoms with E-state index in [0.29, 0.717) is 36.8 Å². The van der Waals surface area contributed by atoms with Crippen LogP contribution in [0.3, 0.4) is 0 Å². The Morgan fingerprint density at radius 2 is 1.72 bits per heavy atom. The van der Waals surface area contributed by atoms with Crippen molar-refractivity contribution in [3.8, 4) is 17.4 Å². The van der Waals surface area contributed by atoms with Gasteiger partial charge in [0.2, 0.25) is 0 Å². The lowest BCUT2D eigenvalue weighted by atomic mass is 9.79. The molecule has 0 amide bonds. The highest BCUT2D eigenvalue weighted by atomic mass is 16.3. The molecule has 2 aromatic rings. The summed E-state index contributed by atoms with van der Waals surface area (Å²) in [5, 5.41) is 29.0. The van der Waals surface area contributed by atoms with Crippen LogP contribution in [0.5, 0.6) is 0 Å². The van der Waals surface area contributed by atoms with Gasteiger partial charge in [-0.2, -0.15) is 5.26 Å². The molecule has 1 aromatic heterocycles. The highest BCUT2D eigenvalue weighted by Crippen LogP contribution is 2.37. The summed E-state index contributed by atoms with van der Waals surface area (Å²) in [7, 11) is 0. The van der Waals surface area contributed by atoms with E-state index in [0.717, 1.165) is 30.2 Å². The summed E-state index contributed by atoms with van der Waals surface area (Å²) in [5.41, 5.74) is 1.43. The van der Waals surface area contributed by atoms with Crippen LogP contribution in [0.25, 0.3) is 11.3 Å². The number of likely N-dealkylation sites (tertiary alicyclic amines) is 1. The standard InChI is InChI=1S/C20H22N2O3/c21-9-13-3-1-2-4-17(13)20-6-5-16(25-20)12-22-10-14-7-18(23)19(24)8-15(14)11-22/h1-6,14-15,18-19,23-24H,7-8,10-12H2/t14-,15+,18-,19-/m0/s1. The number of nitriles is 1. The summed E-state index contributed by atoms with van der Waals surface area (Å²) in [5.74, 6) is 2.50. The van der Waals surface area contributed by atoms with Crippen LogP contribution in [0.1, 0.15) is 24.2 Å². The lowest BCUT2D eigenvalue weighted by molar-refractivity contribution is -0.0372. The highest BCUT2D eigenvalue weighted by molar-refractivity contribution is 5.66. The Kier molecular flexibility index (Phi) is 4.34. The van der Waals surface area contributed by atoms with Gasteiger partial charge >= 0.3 is 0 Å². The second kappa shape index (κ2) is 6.64. The zero-order valence-corrected chi connectivity index (χ0v) is 14.0. The van der Waals surface area contributed by atoms with Crippen molar-refractivity contribution >= 4 is 0 Å². The zero-order chi connectivity index (χ0) is 17.4. The van der Waals surface area contributed by atoms with Gasteiger partial charge in [-0.3, -0.25) is 4.90 Å². The van der Waals surface area contributed by atoms with Gasteiger partial charge in [0.25, 0.3) is 0 Å². The lowest BCUT2D eigenvalue weighted by Crippen LogP contribution is -2.38. The minimum absolute atomic E-state index is 0.451. The van der Waals surface area contributed by atoms with Crippen molar-refractivity contribution in [1.29, 1.82) is 5.26 Å². The lowest BCUT2D eigenvalue weighted by Gasteiger charge is -2.32. The third-order valence-electron chi connectivity index (χ3n) is 5.54. The first-order chi connectivity index (χ1) is 12.1. The first-order valence-corrected chi connectivity index (χ1v) is 8.80. The van der Waals surface area contributed by atoms with Crippen LogP contribution in [0.15, 0.2) is 40.8 Å². The monoisotopic (exact) mass is 338 g/mol. The van der Waals surface area contributed by atoms with Gasteiger partial charge < -0.3 is 14.6 Å². The van der Waals surface area contributed by atoms with Crippen LogP contribution in [-0.4, -0.2) is 40.4 Å². The molecular weight excluding hydrogens is 316 g/mol. The first-order valence-electron chi connectivity index (χ1n) is 8.80. The van der Waals surface area contributed by atoms with Gasteiger partial charge in [-0.1, -0.05) is 12.1 Å². The van der Waals surface area contributed by atoms with Crippen molar-refractivity contribution in [2.75, 3.05) is 13.1 Å². The van der Waals surface area contributed by atoms with Crippen molar-refractivity contribution in [1.82, 2.24) is 4.90 Å². The third-order valence-corrected chi connectivity index (χ3v) is 5.54. The molecule has 2 heterocycles. The van der Waals surface area contributed by atoms with Crippen LogP contribution >= 0.6 is 0 Å². The minimum Gasteiger partial charge on any atom is -0.460 e. The van der Waals surface area contributed by atoms with E-state index in [1.54, 1.807) is 6.07 Å². The molecule has 5 nitrogen and oxygen atoms in total. The topological polar surface area (TPSA) is 80.6 Å². The molecule has 1 saturated carbocycles. The van der Waals surface area contributed by atoms with Crippen molar-refractivity contribution in [2.24, 2.45) is 11.8 Å². The van der Waals surface area contributed by atoms with Crippen LogP contribution in [-0.2, 0) is 6.54 Å². The van der Waals surface area contributed by atoms with Gasteiger partial charge in [-0.15, -0.1) is 0 Å². The molecule has 1 saturated heterocycles. The van der Waals surface area contributed by atoms with Crippen molar-refractivity contribution in [3.05, 3.63) is 47.7 Å². The molecule has 0 bridgehead atoms. The summed E-state index contributed by atoms with van der Waals surface area (Å²) in [6.45, 7) is 2.58. The van der Waals surface area contributed by atoms with E-state index in [-0.39, 0.29) is 0 Å². The van der Waals surface area contributed by atoms with E-state index in [9.17, 15) is 15.5 Å². The highest BCUT2D eigenvalue weighted by Gasteiger charge is 2.41. The number of hydrogen-bond acceptors (Lipinski definition) is 5. The van der Waals surface area contributed by atoms with Gasteiger partial charge in [-0.05, 0) is 48.9 Å². The fourth-order valence-corrected chi connectivity index (χ4v) is 4.26. The number of nitrogens with zero attached hydrogens (tertiary/aromatic N) is 2. The van der Waals surface area contributed by atoms with Crippen LogP contribution < -0.4 is 0 Å². The average Bonchev–Trinajstić information content (AvgIpc) is 3.22. The molecule has 0 radical (unpaired) electrons. The maximum absolute atomic E-state index is 9.87. The molecule has 5 heteroatoms. The summed E-state index contributed by atoms with van der Waals surface area (Å²) >= 11 is 0. The predicted octanol–water partition coefficient (Wildman–Crippen LogP) is 2.38. The zero-order valence-electron chi connectivity index (χ0n) is 14.0. The molecule has 2 N–H and O–H groups in total. The Morgan fingerprint density at radius 1 is 1.04 bits per heavy atom. The molecule has 0 spiro atoms. The fraction of sp³-hybridized carbons (Fsp3) is 0.450. The van der Waals surface area contributed by atoms with E-state index in [4.69, 9.17) is 4.42 Å². The van der Waals surface area contributed by atoms with Crippen LogP contribution in [0, 0.1) is 23.2 Å². The van der Waals surface area contributed by atoms with Gasteiger partial charge in [0.05, 0.1) is 30.4 Å². The maximum Gasteiger partial charge on any atom is 0.135 e. The first kappa shape index (κ1) is 16.3. The van der Waals surface area contributed by atoms with Crippen molar-refractivity contribution in [3.63, 3.8) is 0 Å². The van der Waals surface area contributed by atoms with Gasteiger partial charge in [0.1, 0.15) is 11.5 Å². The average molecular weight is 338 g/mol. The molecule has 2 fully saturated rings. The van der Waals surface area contributed by atoms with E-state index < -0.39 is 12.2 Å². The predicted molar refractivity (Wildman–Crippen MR) is 92.4 cm³/mol. The number of benzene rings is 1. The van der Waals surface area contributed by atoms with E-state index in [2.05, 4.69) is 11.0 Å². The number of rotatable bonds is 3. The second-order valence-electron chi connectivity index (χ2n) is 7.24.